The summed E-state index contributed by atoms with van der Waals surface area (Å²) in [6, 6.07) is 17.2. The van der Waals surface area contributed by atoms with Crippen molar-refractivity contribution in [1.29, 1.82) is 0 Å². The van der Waals surface area contributed by atoms with Crippen LogP contribution in [0.1, 0.15) is 17.0 Å². The van der Waals surface area contributed by atoms with E-state index in [9.17, 15) is 0 Å². The fraction of sp³-hybridized carbons (Fsp3) is 0.150. The number of hydrogen-bond acceptors (Lipinski definition) is 3. The smallest absolute Gasteiger partial charge is 0.169 e. The average molecular weight is 417 g/mol. The molecule has 0 radical (unpaired) electrons. The van der Waals surface area contributed by atoms with E-state index in [1.165, 1.54) is 0 Å². The highest BCUT2D eigenvalue weighted by atomic mass is 35.5. The van der Waals surface area contributed by atoms with Gasteiger partial charge in [0.1, 0.15) is 0 Å². The van der Waals surface area contributed by atoms with Crippen LogP contribution in [0, 0.1) is 0 Å². The predicted octanol–water partition coefficient (Wildman–Crippen LogP) is 4.86. The lowest BCUT2D eigenvalue weighted by molar-refractivity contribution is 0.389. The normalized spacial score (nSPS) is 10.4. The first-order valence-corrected chi connectivity index (χ1v) is 9.55. The molecule has 1 aromatic carbocycles. The van der Waals surface area contributed by atoms with Crippen molar-refractivity contribution < 1.29 is 0 Å². The number of benzene rings is 1. The number of halogens is 2. The maximum absolute atomic E-state index is 6.09. The van der Waals surface area contributed by atoms with E-state index in [1.54, 1.807) is 18.5 Å². The molecule has 0 saturated carbocycles. The van der Waals surface area contributed by atoms with E-state index in [1.807, 2.05) is 53.4 Å². The summed E-state index contributed by atoms with van der Waals surface area (Å²) in [5.74, 6) is 0. The molecule has 0 spiro atoms. The van der Waals surface area contributed by atoms with Crippen molar-refractivity contribution in [2.45, 2.75) is 19.6 Å². The van der Waals surface area contributed by atoms with Crippen molar-refractivity contribution in [1.82, 2.24) is 20.2 Å². The van der Waals surface area contributed by atoms with Gasteiger partial charge in [-0.3, -0.25) is 9.97 Å². The molecule has 2 heterocycles. The zero-order chi connectivity index (χ0) is 19.1. The molecular weight excluding hydrogens is 399 g/mol. The molecule has 3 rings (SSSR count). The molecule has 0 aliphatic heterocycles. The largest absolute Gasteiger partial charge is 0.358 e. The number of nitrogens with one attached hydrogen (secondary N) is 1. The van der Waals surface area contributed by atoms with Crippen molar-refractivity contribution in [3.05, 3.63) is 94.0 Å². The highest BCUT2D eigenvalue weighted by Crippen LogP contribution is 2.22. The average Bonchev–Trinajstić information content (AvgIpc) is 2.70. The first-order valence-electron chi connectivity index (χ1n) is 8.38. The van der Waals surface area contributed by atoms with Crippen LogP contribution in [0.25, 0.3) is 0 Å². The molecule has 27 heavy (non-hydrogen) atoms. The van der Waals surface area contributed by atoms with Gasteiger partial charge >= 0.3 is 0 Å². The van der Waals surface area contributed by atoms with Crippen molar-refractivity contribution in [3.63, 3.8) is 0 Å². The van der Waals surface area contributed by atoms with E-state index in [0.29, 0.717) is 34.8 Å². The molecule has 4 nitrogen and oxygen atoms in total. The molecule has 0 aliphatic carbocycles. The van der Waals surface area contributed by atoms with Gasteiger partial charge in [-0.2, -0.15) is 0 Å². The van der Waals surface area contributed by atoms with Crippen molar-refractivity contribution >= 4 is 40.5 Å². The van der Waals surface area contributed by atoms with E-state index < -0.39 is 0 Å². The number of nitrogens with zero attached hydrogens (tertiary/aromatic N) is 3. The summed E-state index contributed by atoms with van der Waals surface area (Å²) in [6.07, 6.45) is 3.56. The first-order chi connectivity index (χ1) is 13.1. The Balaban J connectivity index is 1.70. The minimum absolute atomic E-state index is 0.528. The second-order valence-electron chi connectivity index (χ2n) is 5.91. The van der Waals surface area contributed by atoms with Gasteiger partial charge in [-0.15, -0.1) is 0 Å². The van der Waals surface area contributed by atoms with Crippen LogP contribution >= 0.6 is 35.4 Å². The Kier molecular flexibility index (Phi) is 6.98. The van der Waals surface area contributed by atoms with E-state index in [0.717, 1.165) is 17.0 Å². The van der Waals surface area contributed by atoms with Gasteiger partial charge in [0.05, 0.1) is 34.5 Å². The Morgan fingerprint density at radius 1 is 0.889 bits per heavy atom. The topological polar surface area (TPSA) is 41.0 Å². The molecule has 0 atom stereocenters. The lowest BCUT2D eigenvalue weighted by Crippen LogP contribution is -2.38. The number of pyridine rings is 2. The number of rotatable bonds is 6. The molecule has 3 aromatic rings. The second kappa shape index (κ2) is 9.65. The predicted molar refractivity (Wildman–Crippen MR) is 114 cm³/mol. The fourth-order valence-electron chi connectivity index (χ4n) is 2.51. The highest BCUT2D eigenvalue weighted by molar-refractivity contribution is 7.80. The van der Waals surface area contributed by atoms with Crippen LogP contribution in [-0.4, -0.2) is 20.0 Å². The number of hydrogen-bond donors (Lipinski definition) is 1. The molecule has 0 fully saturated rings. The molecule has 0 amide bonds. The van der Waals surface area contributed by atoms with Gasteiger partial charge in [0.25, 0.3) is 0 Å². The Labute approximate surface area is 174 Å². The van der Waals surface area contributed by atoms with Crippen LogP contribution < -0.4 is 5.32 Å². The molecule has 138 valence electrons. The maximum atomic E-state index is 6.09. The summed E-state index contributed by atoms with van der Waals surface area (Å²) >= 11 is 17.7. The molecule has 0 saturated heterocycles. The highest BCUT2D eigenvalue weighted by Gasteiger charge is 2.13. The van der Waals surface area contributed by atoms with Crippen molar-refractivity contribution in [2.24, 2.45) is 0 Å². The Morgan fingerprint density at radius 3 is 2.04 bits per heavy atom. The standard InChI is InChI=1S/C20H18Cl2N4S/c21-18-8-7-15(11-19(18)22)12-25-20(27)26(13-16-5-1-3-9-23-16)14-17-6-2-4-10-24-17/h1-11H,12-14H2,(H,25,27). The van der Waals surface area contributed by atoms with E-state index in [2.05, 4.69) is 15.3 Å². The van der Waals surface area contributed by atoms with Crippen LogP contribution in [0.2, 0.25) is 10.0 Å². The Morgan fingerprint density at radius 2 is 1.52 bits per heavy atom. The third-order valence-electron chi connectivity index (χ3n) is 3.87. The quantitative estimate of drug-likeness (QED) is 0.580. The number of thiocarbonyl (C=S) groups is 1. The van der Waals surface area contributed by atoms with E-state index in [-0.39, 0.29) is 0 Å². The Bertz CT molecular complexity index is 849. The van der Waals surface area contributed by atoms with Gasteiger partial charge in [0.15, 0.2) is 5.11 Å². The Hall–Kier alpha value is -2.21. The monoisotopic (exact) mass is 416 g/mol. The molecule has 0 bridgehead atoms. The molecule has 2 aromatic heterocycles. The minimum Gasteiger partial charge on any atom is -0.358 e. The van der Waals surface area contributed by atoms with E-state index in [4.69, 9.17) is 35.4 Å². The fourth-order valence-corrected chi connectivity index (χ4v) is 3.03. The summed E-state index contributed by atoms with van der Waals surface area (Å²) < 4.78 is 0. The van der Waals surface area contributed by atoms with E-state index >= 15 is 0 Å². The van der Waals surface area contributed by atoms with Gasteiger partial charge in [-0.05, 0) is 54.2 Å². The summed E-state index contributed by atoms with van der Waals surface area (Å²) in [5, 5.41) is 4.97. The molecular formula is C20H18Cl2N4S. The van der Waals surface area contributed by atoms with Crippen LogP contribution in [-0.2, 0) is 19.6 Å². The third-order valence-corrected chi connectivity index (χ3v) is 5.01. The minimum atomic E-state index is 0.528. The summed E-state index contributed by atoms with van der Waals surface area (Å²) in [7, 11) is 0. The van der Waals surface area contributed by atoms with Crippen LogP contribution in [0.4, 0.5) is 0 Å². The molecule has 7 heteroatoms. The zero-order valence-electron chi connectivity index (χ0n) is 14.5. The molecule has 0 unspecified atom stereocenters. The van der Waals surface area contributed by atoms with Crippen molar-refractivity contribution in [3.8, 4) is 0 Å². The van der Waals surface area contributed by atoms with Crippen molar-refractivity contribution in [2.75, 3.05) is 0 Å². The van der Waals surface area contributed by atoms with Gasteiger partial charge in [0, 0.05) is 18.9 Å². The van der Waals surface area contributed by atoms with Gasteiger partial charge < -0.3 is 10.2 Å². The van der Waals surface area contributed by atoms with Crippen LogP contribution in [0.3, 0.4) is 0 Å². The molecule has 1 N–H and O–H groups in total. The lowest BCUT2D eigenvalue weighted by atomic mass is 10.2. The SMILES string of the molecule is S=C(NCc1ccc(Cl)c(Cl)c1)N(Cc1ccccn1)Cc1ccccn1. The first kappa shape index (κ1) is 19.5. The zero-order valence-corrected chi connectivity index (χ0v) is 16.8. The molecule has 0 aliphatic rings. The number of aromatic nitrogens is 2. The summed E-state index contributed by atoms with van der Waals surface area (Å²) in [4.78, 5) is 10.8. The van der Waals surface area contributed by atoms with Gasteiger partial charge in [-0.1, -0.05) is 41.4 Å². The van der Waals surface area contributed by atoms with Gasteiger partial charge in [-0.25, -0.2) is 0 Å². The van der Waals surface area contributed by atoms with Gasteiger partial charge in [0.2, 0.25) is 0 Å². The van der Waals surface area contributed by atoms with Crippen LogP contribution in [0.5, 0.6) is 0 Å². The van der Waals surface area contributed by atoms with Crippen LogP contribution in [0.15, 0.2) is 67.0 Å². The third kappa shape index (κ3) is 5.89. The maximum Gasteiger partial charge on any atom is 0.169 e. The summed E-state index contributed by atoms with van der Waals surface area (Å²) in [5.41, 5.74) is 2.88. The second-order valence-corrected chi connectivity index (χ2v) is 7.11. The lowest BCUT2D eigenvalue weighted by Gasteiger charge is -2.25. The summed E-state index contributed by atoms with van der Waals surface area (Å²) in [6.45, 7) is 1.73.